The number of pyridine rings is 1. The predicted octanol–water partition coefficient (Wildman–Crippen LogP) is 6.45. The highest BCUT2D eigenvalue weighted by molar-refractivity contribution is 6.32. The number of phenolic OH excluding ortho intramolecular Hbond substituents is 1. The van der Waals surface area contributed by atoms with Gasteiger partial charge in [0.1, 0.15) is 35.0 Å². The number of halogens is 2. The van der Waals surface area contributed by atoms with E-state index in [-0.39, 0.29) is 45.7 Å². The number of phenols is 1. The van der Waals surface area contributed by atoms with E-state index in [1.165, 1.54) is 17.6 Å². The van der Waals surface area contributed by atoms with Gasteiger partial charge in [0.15, 0.2) is 0 Å². The molecular formula is C39H41Cl2N7O6. The van der Waals surface area contributed by atoms with Gasteiger partial charge in [-0.1, -0.05) is 74.3 Å². The Labute approximate surface area is 322 Å². The van der Waals surface area contributed by atoms with E-state index in [0.29, 0.717) is 28.5 Å². The minimum Gasteiger partial charge on any atom is -0.506 e. The Kier molecular flexibility index (Phi) is 11.7. The fourth-order valence-electron chi connectivity index (χ4n) is 5.45. The van der Waals surface area contributed by atoms with Gasteiger partial charge in [-0.05, 0) is 67.8 Å². The minimum absolute atomic E-state index is 0.0398. The molecule has 0 aliphatic rings. The van der Waals surface area contributed by atoms with Crippen LogP contribution in [0.15, 0.2) is 77.6 Å². The number of rotatable bonds is 11. The Morgan fingerprint density at radius 1 is 0.981 bits per heavy atom. The second-order valence-electron chi connectivity index (χ2n) is 13.8. The number of nitrogens with zero attached hydrogens (tertiary/aromatic N) is 3. The van der Waals surface area contributed by atoms with E-state index in [1.54, 1.807) is 61.0 Å². The summed E-state index contributed by atoms with van der Waals surface area (Å²) in [4.78, 5) is 51.1. The maximum atomic E-state index is 13.6. The number of aromatic hydroxyl groups is 1. The molecule has 5 rings (SSSR count). The molecule has 0 bridgehead atoms. The first-order chi connectivity index (χ1) is 25.4. The van der Waals surface area contributed by atoms with Crippen molar-refractivity contribution in [2.75, 3.05) is 5.32 Å². The molecule has 0 unspecified atom stereocenters. The summed E-state index contributed by atoms with van der Waals surface area (Å²) in [5.41, 5.74) is 9.08. The summed E-state index contributed by atoms with van der Waals surface area (Å²) in [6.07, 6.45) is 0. The second kappa shape index (κ2) is 16.1. The third-order valence-corrected chi connectivity index (χ3v) is 9.27. The second-order valence-corrected chi connectivity index (χ2v) is 14.6. The van der Waals surface area contributed by atoms with Gasteiger partial charge in [-0.2, -0.15) is 5.10 Å². The molecule has 6 N–H and O–H groups in total. The van der Waals surface area contributed by atoms with Gasteiger partial charge in [-0.25, -0.2) is 9.48 Å². The van der Waals surface area contributed by atoms with Crippen LogP contribution >= 0.6 is 23.2 Å². The molecule has 282 valence electrons. The molecule has 0 saturated carbocycles. The van der Waals surface area contributed by atoms with Gasteiger partial charge in [0.05, 0.1) is 22.1 Å². The van der Waals surface area contributed by atoms with E-state index in [2.05, 4.69) is 21.0 Å². The van der Waals surface area contributed by atoms with Crippen molar-refractivity contribution in [2.24, 2.45) is 5.73 Å². The van der Waals surface area contributed by atoms with Crippen molar-refractivity contribution in [3.05, 3.63) is 127 Å². The van der Waals surface area contributed by atoms with Crippen molar-refractivity contribution in [1.29, 1.82) is 0 Å². The van der Waals surface area contributed by atoms with Crippen molar-refractivity contribution < 1.29 is 24.2 Å². The monoisotopic (exact) mass is 773 g/mol. The topological polar surface area (TPSA) is 183 Å². The number of urea groups is 1. The Bertz CT molecular complexity index is 2310. The number of hydrogen-bond donors (Lipinski definition) is 5. The number of carbonyl (C=O) groups excluding carboxylic acids is 3. The Morgan fingerprint density at radius 2 is 1.69 bits per heavy atom. The quantitative estimate of drug-likeness (QED) is 0.102. The van der Waals surface area contributed by atoms with E-state index >= 15 is 0 Å². The van der Waals surface area contributed by atoms with E-state index in [4.69, 9.17) is 33.7 Å². The smallest absolute Gasteiger partial charge is 0.320 e. The Hall–Kier alpha value is -5.79. The van der Waals surface area contributed by atoms with E-state index in [9.17, 15) is 24.3 Å². The number of anilines is 1. The third kappa shape index (κ3) is 8.87. The molecule has 0 spiro atoms. The van der Waals surface area contributed by atoms with Crippen molar-refractivity contribution >= 4 is 46.9 Å². The SMILES string of the molecule is Cc1ccc(C(=O)N[C@@H](C)C(N)=O)cc1-n1c(C)cc(OCc2ccccc2CNC(=O)Nc2cc(C(C)(C)C)nn2-c2ccc(O)c(Cl)c2)c(Cl)c1=O. The highest BCUT2D eigenvalue weighted by Crippen LogP contribution is 2.30. The van der Waals surface area contributed by atoms with Crippen molar-refractivity contribution in [3.63, 3.8) is 0 Å². The normalized spacial score (nSPS) is 11.9. The molecule has 4 amide bonds. The first-order valence-corrected chi connectivity index (χ1v) is 17.7. The third-order valence-electron chi connectivity index (χ3n) is 8.62. The van der Waals surface area contributed by atoms with Gasteiger partial charge in [-0.3, -0.25) is 24.3 Å². The van der Waals surface area contributed by atoms with Crippen LogP contribution in [-0.2, 0) is 23.4 Å². The summed E-state index contributed by atoms with van der Waals surface area (Å²) in [5, 5.41) is 22.9. The molecular weight excluding hydrogens is 733 g/mol. The average molecular weight is 775 g/mol. The molecule has 2 aromatic heterocycles. The van der Waals surface area contributed by atoms with Crippen molar-refractivity contribution in [3.8, 4) is 22.9 Å². The maximum Gasteiger partial charge on any atom is 0.320 e. The van der Waals surface area contributed by atoms with Gasteiger partial charge in [0.2, 0.25) is 5.91 Å². The van der Waals surface area contributed by atoms with Crippen LogP contribution in [-0.4, -0.2) is 43.3 Å². The molecule has 0 radical (unpaired) electrons. The van der Waals surface area contributed by atoms with Crippen LogP contribution in [0.5, 0.6) is 11.5 Å². The highest BCUT2D eigenvalue weighted by Gasteiger charge is 2.23. The van der Waals surface area contributed by atoms with Gasteiger partial charge < -0.3 is 26.2 Å². The number of benzene rings is 3. The largest absolute Gasteiger partial charge is 0.506 e. The lowest BCUT2D eigenvalue weighted by Crippen LogP contribution is -2.42. The summed E-state index contributed by atoms with van der Waals surface area (Å²) in [7, 11) is 0. The molecule has 5 aromatic rings. The molecule has 3 aromatic carbocycles. The van der Waals surface area contributed by atoms with Gasteiger partial charge in [-0.15, -0.1) is 0 Å². The zero-order valence-corrected chi connectivity index (χ0v) is 32.1. The van der Waals surface area contributed by atoms with Gasteiger partial charge in [0.25, 0.3) is 11.5 Å². The number of nitrogens with two attached hydrogens (primary N) is 1. The molecule has 54 heavy (non-hydrogen) atoms. The summed E-state index contributed by atoms with van der Waals surface area (Å²) >= 11 is 12.8. The number of primary amides is 1. The Morgan fingerprint density at radius 3 is 2.35 bits per heavy atom. The van der Waals surface area contributed by atoms with Crippen LogP contribution in [0.3, 0.4) is 0 Å². The van der Waals surface area contributed by atoms with Crippen molar-refractivity contribution in [1.82, 2.24) is 25.0 Å². The van der Waals surface area contributed by atoms with Crippen LogP contribution in [0.1, 0.15) is 66.1 Å². The summed E-state index contributed by atoms with van der Waals surface area (Å²) in [6, 6.07) is 18.9. The fraction of sp³-hybridized carbons (Fsp3) is 0.256. The zero-order chi connectivity index (χ0) is 39.5. The first-order valence-electron chi connectivity index (χ1n) is 16.9. The molecule has 0 fully saturated rings. The number of carbonyl (C=O) groups is 3. The van der Waals surface area contributed by atoms with Crippen LogP contribution in [0.25, 0.3) is 11.4 Å². The molecule has 13 nitrogen and oxygen atoms in total. The van der Waals surface area contributed by atoms with Crippen LogP contribution in [0.2, 0.25) is 10.0 Å². The van der Waals surface area contributed by atoms with Gasteiger partial charge >= 0.3 is 6.03 Å². The molecule has 1 atom stereocenters. The number of ether oxygens (including phenoxy) is 1. The number of aryl methyl sites for hydroxylation is 2. The summed E-state index contributed by atoms with van der Waals surface area (Å²) < 4.78 is 9.01. The molecule has 0 aliphatic heterocycles. The summed E-state index contributed by atoms with van der Waals surface area (Å²) in [6.45, 7) is 11.2. The Balaban J connectivity index is 1.31. The van der Waals surface area contributed by atoms with Crippen molar-refractivity contribution in [2.45, 2.75) is 66.2 Å². The molecule has 2 heterocycles. The number of amides is 4. The lowest BCUT2D eigenvalue weighted by Gasteiger charge is -2.18. The number of nitrogens with one attached hydrogen (secondary N) is 3. The zero-order valence-electron chi connectivity index (χ0n) is 30.6. The first kappa shape index (κ1) is 39.4. The average Bonchev–Trinajstić information content (AvgIpc) is 3.55. The lowest BCUT2D eigenvalue weighted by molar-refractivity contribution is -0.119. The van der Waals surface area contributed by atoms with Crippen LogP contribution in [0, 0.1) is 13.8 Å². The number of aromatic nitrogens is 3. The maximum absolute atomic E-state index is 13.6. The van der Waals surface area contributed by atoms with Crippen LogP contribution in [0.4, 0.5) is 10.6 Å². The molecule has 15 heteroatoms. The highest BCUT2D eigenvalue weighted by atomic mass is 35.5. The standard InChI is InChI=1S/C39H41Cl2N7O6/c1-21-11-12-24(36(51)44-23(3)35(42)50)16-29(21)47-22(2)15-31(34(41)37(47)52)54-20-26-10-8-7-9-25(26)19-43-38(53)45-33-18-32(39(4,5)6)46-48(33)27-13-14-30(49)28(40)17-27/h7-18,23,49H,19-20H2,1-6H3,(H2,42,50)(H,44,51)(H2,43,45,53)/t23-/m0/s1. The van der Waals surface area contributed by atoms with E-state index in [1.807, 2.05) is 45.0 Å². The lowest BCUT2D eigenvalue weighted by atomic mass is 9.92. The fourth-order valence-corrected chi connectivity index (χ4v) is 5.82. The van der Waals surface area contributed by atoms with Gasteiger partial charge in [0, 0.05) is 35.3 Å². The van der Waals surface area contributed by atoms with E-state index in [0.717, 1.165) is 16.8 Å². The minimum atomic E-state index is -0.883. The molecule has 0 saturated heterocycles. The summed E-state index contributed by atoms with van der Waals surface area (Å²) in [5.74, 6) is -0.708. The molecule has 0 aliphatic carbocycles. The number of hydrogen-bond acceptors (Lipinski definition) is 7. The van der Waals surface area contributed by atoms with E-state index < -0.39 is 29.4 Å². The predicted molar refractivity (Wildman–Crippen MR) is 208 cm³/mol. The van der Waals surface area contributed by atoms with Crippen LogP contribution < -0.4 is 32.0 Å².